The summed E-state index contributed by atoms with van der Waals surface area (Å²) in [5, 5.41) is 2.87. The fraction of sp³-hybridized carbons (Fsp3) is 0.533. The van der Waals surface area contributed by atoms with Gasteiger partial charge in [-0.25, -0.2) is 9.18 Å². The molecule has 0 spiro atoms. The molecule has 5 heteroatoms. The van der Waals surface area contributed by atoms with E-state index in [0.29, 0.717) is 6.54 Å². The number of nitrogens with zero attached hydrogens (tertiary/aromatic N) is 1. The number of hydrogen-bond donors (Lipinski definition) is 1. The summed E-state index contributed by atoms with van der Waals surface area (Å²) in [6.07, 6.45) is 0.909. The van der Waals surface area contributed by atoms with E-state index in [9.17, 15) is 9.18 Å². The number of carbonyl (C=O) groups is 1. The minimum Gasteiger partial charge on any atom is -0.377 e. The molecular formula is C15H21FN2O2. The first-order valence-electron chi connectivity index (χ1n) is 6.78. The molecule has 4 nitrogen and oxygen atoms in total. The summed E-state index contributed by atoms with van der Waals surface area (Å²) in [6.45, 7) is 5.01. The quantitative estimate of drug-likeness (QED) is 0.921. The average molecular weight is 280 g/mol. The van der Waals surface area contributed by atoms with Crippen molar-refractivity contribution in [2.75, 3.05) is 20.2 Å². The Labute approximate surface area is 118 Å². The van der Waals surface area contributed by atoms with Gasteiger partial charge in [0.25, 0.3) is 0 Å². The third kappa shape index (κ3) is 3.28. The number of ether oxygens (including phenoxy) is 1. The van der Waals surface area contributed by atoms with Crippen LogP contribution in [0.3, 0.4) is 0 Å². The van der Waals surface area contributed by atoms with Crippen molar-refractivity contribution in [3.8, 4) is 0 Å². The molecule has 0 aliphatic carbocycles. The highest BCUT2D eigenvalue weighted by molar-refractivity contribution is 5.75. The number of likely N-dealkylation sites (tertiary alicyclic amines) is 1. The van der Waals surface area contributed by atoms with E-state index in [1.54, 1.807) is 24.1 Å². The van der Waals surface area contributed by atoms with Crippen LogP contribution in [0.15, 0.2) is 24.3 Å². The van der Waals surface area contributed by atoms with Gasteiger partial charge in [0.05, 0.1) is 11.6 Å². The van der Waals surface area contributed by atoms with Crippen LogP contribution in [0.4, 0.5) is 9.18 Å². The topological polar surface area (TPSA) is 41.6 Å². The van der Waals surface area contributed by atoms with E-state index in [2.05, 4.69) is 5.32 Å². The largest absolute Gasteiger partial charge is 0.377 e. The lowest BCUT2D eigenvalue weighted by atomic mass is 9.95. The van der Waals surface area contributed by atoms with Gasteiger partial charge in [-0.3, -0.25) is 0 Å². The van der Waals surface area contributed by atoms with E-state index >= 15 is 0 Å². The van der Waals surface area contributed by atoms with E-state index in [1.807, 2.05) is 13.8 Å². The van der Waals surface area contributed by atoms with Crippen molar-refractivity contribution in [2.45, 2.75) is 31.9 Å². The average Bonchev–Trinajstić information content (AvgIpc) is 2.38. The van der Waals surface area contributed by atoms with Crippen LogP contribution in [0.1, 0.15) is 31.9 Å². The minimum absolute atomic E-state index is 0.0428. The molecule has 1 N–H and O–H groups in total. The molecule has 2 rings (SSSR count). The van der Waals surface area contributed by atoms with Crippen LogP contribution in [-0.4, -0.2) is 36.7 Å². The van der Waals surface area contributed by atoms with Crippen LogP contribution < -0.4 is 5.32 Å². The van der Waals surface area contributed by atoms with Crippen LogP contribution in [0.2, 0.25) is 0 Å². The number of nitrogens with one attached hydrogen (secondary N) is 1. The summed E-state index contributed by atoms with van der Waals surface area (Å²) in [6, 6.07) is 6.27. The smallest absolute Gasteiger partial charge is 0.318 e. The molecule has 0 radical (unpaired) electrons. The Hall–Kier alpha value is -1.62. The minimum atomic E-state index is -0.383. The van der Waals surface area contributed by atoms with Crippen molar-refractivity contribution >= 4 is 6.03 Å². The van der Waals surface area contributed by atoms with E-state index < -0.39 is 0 Å². The molecule has 110 valence electrons. The zero-order valence-corrected chi connectivity index (χ0v) is 12.1. The Morgan fingerprint density at radius 1 is 1.45 bits per heavy atom. The van der Waals surface area contributed by atoms with E-state index in [4.69, 9.17) is 4.74 Å². The lowest BCUT2D eigenvalue weighted by Gasteiger charge is -2.41. The van der Waals surface area contributed by atoms with Gasteiger partial charge in [-0.1, -0.05) is 12.1 Å². The molecule has 1 heterocycles. The summed E-state index contributed by atoms with van der Waals surface area (Å²) in [7, 11) is 1.62. The Morgan fingerprint density at radius 3 is 2.60 bits per heavy atom. The first-order valence-corrected chi connectivity index (χ1v) is 6.78. The predicted octanol–water partition coefficient (Wildman–Crippen LogP) is 2.71. The lowest BCUT2D eigenvalue weighted by molar-refractivity contribution is 0.0221. The van der Waals surface area contributed by atoms with Crippen molar-refractivity contribution in [3.05, 3.63) is 35.6 Å². The van der Waals surface area contributed by atoms with E-state index in [0.717, 1.165) is 18.5 Å². The SMILES string of the molecule is COC(C)(C)CNC(=O)N1CC[C@@H]1c1ccc(F)cc1. The third-order valence-electron chi connectivity index (χ3n) is 3.75. The highest BCUT2D eigenvalue weighted by atomic mass is 19.1. The first kappa shape index (κ1) is 14.8. The summed E-state index contributed by atoms with van der Waals surface area (Å²) in [5.41, 5.74) is 0.588. The van der Waals surface area contributed by atoms with Crippen molar-refractivity contribution in [1.82, 2.24) is 10.2 Å². The molecule has 1 aliphatic heterocycles. The second kappa shape index (κ2) is 5.79. The van der Waals surface area contributed by atoms with Crippen molar-refractivity contribution in [3.63, 3.8) is 0 Å². The molecule has 1 atom stereocenters. The molecule has 2 amide bonds. The molecule has 1 fully saturated rings. The second-order valence-corrected chi connectivity index (χ2v) is 5.67. The Kier molecular flexibility index (Phi) is 4.28. The molecule has 20 heavy (non-hydrogen) atoms. The molecular weight excluding hydrogens is 259 g/mol. The lowest BCUT2D eigenvalue weighted by Crippen LogP contribution is -2.52. The molecule has 0 saturated carbocycles. The second-order valence-electron chi connectivity index (χ2n) is 5.67. The highest BCUT2D eigenvalue weighted by Crippen LogP contribution is 2.33. The summed E-state index contributed by atoms with van der Waals surface area (Å²) >= 11 is 0. The summed E-state index contributed by atoms with van der Waals surface area (Å²) in [4.78, 5) is 13.9. The Morgan fingerprint density at radius 2 is 2.10 bits per heavy atom. The normalized spacial score (nSPS) is 18.6. The third-order valence-corrected chi connectivity index (χ3v) is 3.75. The first-order chi connectivity index (χ1) is 9.43. The van der Waals surface area contributed by atoms with E-state index in [-0.39, 0.29) is 23.5 Å². The van der Waals surface area contributed by atoms with Gasteiger partial charge in [0.2, 0.25) is 0 Å². The highest BCUT2D eigenvalue weighted by Gasteiger charge is 2.33. The number of benzene rings is 1. The van der Waals surface area contributed by atoms with Crippen LogP contribution >= 0.6 is 0 Å². The van der Waals surface area contributed by atoms with Crippen molar-refractivity contribution in [2.24, 2.45) is 0 Å². The van der Waals surface area contributed by atoms with Gasteiger partial charge in [0.1, 0.15) is 5.82 Å². The zero-order chi connectivity index (χ0) is 14.8. The van der Waals surface area contributed by atoms with Crippen LogP contribution in [0.25, 0.3) is 0 Å². The number of urea groups is 1. The summed E-state index contributed by atoms with van der Waals surface area (Å²) < 4.78 is 18.2. The fourth-order valence-corrected chi connectivity index (χ4v) is 2.12. The molecule has 1 aliphatic rings. The zero-order valence-electron chi connectivity index (χ0n) is 12.1. The molecule has 0 aromatic heterocycles. The number of hydrogen-bond acceptors (Lipinski definition) is 2. The van der Waals surface area contributed by atoms with Gasteiger partial charge in [-0.05, 0) is 38.0 Å². The summed E-state index contributed by atoms with van der Waals surface area (Å²) in [5.74, 6) is -0.258. The predicted molar refractivity (Wildman–Crippen MR) is 75.0 cm³/mol. The molecule has 1 aromatic rings. The Bertz CT molecular complexity index is 473. The molecule has 0 bridgehead atoms. The van der Waals surface area contributed by atoms with Gasteiger partial charge in [-0.2, -0.15) is 0 Å². The number of amides is 2. The standard InChI is InChI=1S/C15H21FN2O2/c1-15(2,20-3)10-17-14(19)18-9-8-13(18)11-4-6-12(16)7-5-11/h4-7,13H,8-10H2,1-3H3,(H,17,19)/t13-/m1/s1. The van der Waals surface area contributed by atoms with Crippen LogP contribution in [0.5, 0.6) is 0 Å². The maximum atomic E-state index is 12.9. The maximum absolute atomic E-state index is 12.9. The van der Waals surface area contributed by atoms with Gasteiger partial charge in [0.15, 0.2) is 0 Å². The fourth-order valence-electron chi connectivity index (χ4n) is 2.12. The maximum Gasteiger partial charge on any atom is 0.318 e. The van der Waals surface area contributed by atoms with Crippen molar-refractivity contribution < 1.29 is 13.9 Å². The van der Waals surface area contributed by atoms with Gasteiger partial charge in [-0.15, -0.1) is 0 Å². The number of halogens is 1. The van der Waals surface area contributed by atoms with Gasteiger partial charge >= 0.3 is 6.03 Å². The monoisotopic (exact) mass is 280 g/mol. The Balaban J connectivity index is 1.93. The molecule has 1 aromatic carbocycles. The molecule has 0 unspecified atom stereocenters. The number of rotatable bonds is 4. The molecule has 1 saturated heterocycles. The number of methoxy groups -OCH3 is 1. The van der Waals surface area contributed by atoms with Gasteiger partial charge in [0, 0.05) is 20.2 Å². The van der Waals surface area contributed by atoms with E-state index in [1.165, 1.54) is 12.1 Å². The van der Waals surface area contributed by atoms with Crippen LogP contribution in [-0.2, 0) is 4.74 Å². The number of carbonyl (C=O) groups excluding carboxylic acids is 1. The van der Waals surface area contributed by atoms with Crippen LogP contribution in [0, 0.1) is 5.82 Å². The van der Waals surface area contributed by atoms with Crippen molar-refractivity contribution in [1.29, 1.82) is 0 Å². The van der Waals surface area contributed by atoms with Gasteiger partial charge < -0.3 is 15.0 Å².